The summed E-state index contributed by atoms with van der Waals surface area (Å²) in [7, 11) is 1.60. The molecule has 0 saturated carbocycles. The SMILES string of the molecule is Cn1c(=O)c2ccccc2n2c(COc3ccc([N+](=O)[O-])cc3C=O)nnc12. The molecule has 0 unspecified atom stereocenters. The fraction of sp³-hybridized carbons (Fsp3) is 0.111. The van der Waals surface area contributed by atoms with Gasteiger partial charge in [0.1, 0.15) is 12.4 Å². The summed E-state index contributed by atoms with van der Waals surface area (Å²) in [5, 5.41) is 19.5. The Morgan fingerprint density at radius 1 is 1.21 bits per heavy atom. The lowest BCUT2D eigenvalue weighted by Gasteiger charge is -2.10. The maximum absolute atomic E-state index is 12.5. The van der Waals surface area contributed by atoms with Crippen molar-refractivity contribution in [3.8, 4) is 5.75 Å². The van der Waals surface area contributed by atoms with E-state index in [4.69, 9.17) is 4.74 Å². The topological polar surface area (TPSA) is 122 Å². The molecule has 0 radical (unpaired) electrons. The van der Waals surface area contributed by atoms with Gasteiger partial charge in [0.25, 0.3) is 11.2 Å². The van der Waals surface area contributed by atoms with Crippen LogP contribution in [0.3, 0.4) is 0 Å². The molecule has 2 aromatic carbocycles. The van der Waals surface area contributed by atoms with E-state index in [-0.39, 0.29) is 29.2 Å². The smallest absolute Gasteiger partial charge is 0.270 e. The van der Waals surface area contributed by atoms with Crippen molar-refractivity contribution in [2.24, 2.45) is 7.05 Å². The largest absolute Gasteiger partial charge is 0.485 e. The van der Waals surface area contributed by atoms with Crippen LogP contribution >= 0.6 is 0 Å². The first-order valence-corrected chi connectivity index (χ1v) is 8.19. The lowest BCUT2D eigenvalue weighted by molar-refractivity contribution is -0.384. The molecule has 0 aliphatic carbocycles. The summed E-state index contributed by atoms with van der Waals surface area (Å²) in [4.78, 5) is 34.0. The number of nitro groups is 1. The zero-order valence-corrected chi connectivity index (χ0v) is 14.6. The van der Waals surface area contributed by atoms with E-state index in [1.807, 2.05) is 0 Å². The van der Waals surface area contributed by atoms with Crippen LogP contribution in [0.15, 0.2) is 47.3 Å². The Labute approximate surface area is 156 Å². The van der Waals surface area contributed by atoms with Crippen molar-refractivity contribution in [3.63, 3.8) is 0 Å². The van der Waals surface area contributed by atoms with Gasteiger partial charge in [-0.1, -0.05) is 12.1 Å². The first kappa shape index (κ1) is 17.3. The molecule has 0 saturated heterocycles. The molecule has 4 rings (SSSR count). The van der Waals surface area contributed by atoms with Gasteiger partial charge in [-0.2, -0.15) is 0 Å². The Morgan fingerprint density at radius 3 is 2.75 bits per heavy atom. The molecule has 2 heterocycles. The molecule has 28 heavy (non-hydrogen) atoms. The van der Waals surface area contributed by atoms with Crippen LogP contribution in [-0.4, -0.2) is 30.4 Å². The normalized spacial score (nSPS) is 11.0. The second-order valence-corrected chi connectivity index (χ2v) is 6.02. The highest BCUT2D eigenvalue weighted by Gasteiger charge is 2.16. The van der Waals surface area contributed by atoms with Crippen LogP contribution in [0.25, 0.3) is 16.7 Å². The van der Waals surface area contributed by atoms with Gasteiger partial charge < -0.3 is 4.74 Å². The van der Waals surface area contributed by atoms with Crippen LogP contribution in [0.2, 0.25) is 0 Å². The molecule has 10 heteroatoms. The number of carbonyl (C=O) groups is 1. The third-order valence-corrected chi connectivity index (χ3v) is 4.38. The number of carbonyl (C=O) groups excluding carboxylic acids is 1. The Morgan fingerprint density at radius 2 is 2.00 bits per heavy atom. The van der Waals surface area contributed by atoms with E-state index >= 15 is 0 Å². The number of hydrogen-bond donors (Lipinski definition) is 0. The monoisotopic (exact) mass is 379 g/mol. The summed E-state index contributed by atoms with van der Waals surface area (Å²) in [6.45, 7) is -0.0536. The molecule has 0 aliphatic heterocycles. The summed E-state index contributed by atoms with van der Waals surface area (Å²) in [6, 6.07) is 10.8. The number of fused-ring (bicyclic) bond motifs is 3. The van der Waals surface area contributed by atoms with Crippen LogP contribution in [-0.2, 0) is 13.7 Å². The fourth-order valence-electron chi connectivity index (χ4n) is 3.00. The minimum absolute atomic E-state index is 0.0536. The number of hydrogen-bond acceptors (Lipinski definition) is 7. The standard InChI is InChI=1S/C18H13N5O5/c1-21-17(25)13-4-2-3-5-14(13)22-16(19-20-18(21)22)10-28-15-7-6-12(23(26)27)8-11(15)9-24/h2-9H,10H2,1H3. The maximum Gasteiger partial charge on any atom is 0.270 e. The number of ether oxygens (including phenoxy) is 1. The second-order valence-electron chi connectivity index (χ2n) is 6.02. The molecule has 4 aromatic rings. The van der Waals surface area contributed by atoms with E-state index in [1.165, 1.54) is 16.7 Å². The van der Waals surface area contributed by atoms with Gasteiger partial charge in [0.05, 0.1) is 21.4 Å². The Bertz CT molecular complexity index is 1310. The predicted octanol–water partition coefficient (Wildman–Crippen LogP) is 1.88. The maximum atomic E-state index is 12.5. The Kier molecular flexibility index (Phi) is 4.07. The number of non-ortho nitro benzene ring substituents is 1. The van der Waals surface area contributed by atoms with Crippen LogP contribution in [0.5, 0.6) is 5.75 Å². The third-order valence-electron chi connectivity index (χ3n) is 4.38. The predicted molar refractivity (Wildman–Crippen MR) is 98.5 cm³/mol. The molecule has 0 spiro atoms. The van der Waals surface area contributed by atoms with Gasteiger partial charge in [0.15, 0.2) is 12.1 Å². The van der Waals surface area contributed by atoms with Gasteiger partial charge in [0, 0.05) is 19.2 Å². The Hall–Kier alpha value is -4.08. The summed E-state index contributed by atoms with van der Waals surface area (Å²) in [5.41, 5.74) is 0.286. The molecule has 2 aromatic heterocycles. The zero-order valence-electron chi connectivity index (χ0n) is 14.6. The highest BCUT2D eigenvalue weighted by atomic mass is 16.6. The number of rotatable bonds is 5. The quantitative estimate of drug-likeness (QED) is 0.295. The average molecular weight is 379 g/mol. The molecule has 0 aliphatic rings. The minimum atomic E-state index is -0.588. The van der Waals surface area contributed by atoms with Crippen molar-refractivity contribution in [2.45, 2.75) is 6.61 Å². The van der Waals surface area contributed by atoms with E-state index in [9.17, 15) is 19.7 Å². The number of aryl methyl sites for hydroxylation is 1. The van der Waals surface area contributed by atoms with Crippen molar-refractivity contribution < 1.29 is 14.5 Å². The molecule has 0 N–H and O–H groups in total. The van der Waals surface area contributed by atoms with Gasteiger partial charge in [-0.25, -0.2) is 0 Å². The summed E-state index contributed by atoms with van der Waals surface area (Å²) >= 11 is 0. The lowest BCUT2D eigenvalue weighted by Crippen LogP contribution is -2.20. The number of nitrogens with zero attached hydrogens (tertiary/aromatic N) is 5. The first-order valence-electron chi connectivity index (χ1n) is 8.19. The zero-order chi connectivity index (χ0) is 19.8. The number of nitro benzene ring substituents is 1. The van der Waals surface area contributed by atoms with Crippen molar-refractivity contribution in [3.05, 3.63) is 74.3 Å². The van der Waals surface area contributed by atoms with Gasteiger partial charge >= 0.3 is 0 Å². The highest BCUT2D eigenvalue weighted by Crippen LogP contribution is 2.24. The summed E-state index contributed by atoms with van der Waals surface area (Å²) in [6.07, 6.45) is 0.489. The van der Waals surface area contributed by atoms with Gasteiger partial charge in [-0.05, 0) is 18.2 Å². The van der Waals surface area contributed by atoms with E-state index in [2.05, 4.69) is 10.2 Å². The molecular weight excluding hydrogens is 366 g/mol. The molecule has 140 valence electrons. The second kappa shape index (κ2) is 6.58. The van der Waals surface area contributed by atoms with E-state index in [0.29, 0.717) is 28.8 Å². The van der Waals surface area contributed by atoms with Crippen molar-refractivity contribution in [2.75, 3.05) is 0 Å². The van der Waals surface area contributed by atoms with Crippen LogP contribution in [0.4, 0.5) is 5.69 Å². The van der Waals surface area contributed by atoms with Crippen molar-refractivity contribution in [1.29, 1.82) is 0 Å². The van der Waals surface area contributed by atoms with Crippen LogP contribution < -0.4 is 10.3 Å². The number of para-hydroxylation sites is 1. The number of benzene rings is 2. The molecule has 0 atom stereocenters. The lowest BCUT2D eigenvalue weighted by atomic mass is 10.2. The average Bonchev–Trinajstić information content (AvgIpc) is 3.14. The number of aromatic nitrogens is 4. The van der Waals surface area contributed by atoms with Gasteiger partial charge in [0.2, 0.25) is 5.78 Å². The minimum Gasteiger partial charge on any atom is -0.485 e. The van der Waals surface area contributed by atoms with E-state index in [0.717, 1.165) is 6.07 Å². The highest BCUT2D eigenvalue weighted by molar-refractivity contribution is 5.81. The van der Waals surface area contributed by atoms with Crippen molar-refractivity contribution in [1.82, 2.24) is 19.2 Å². The van der Waals surface area contributed by atoms with Gasteiger partial charge in [-0.15, -0.1) is 10.2 Å². The van der Waals surface area contributed by atoms with Crippen LogP contribution in [0.1, 0.15) is 16.2 Å². The van der Waals surface area contributed by atoms with E-state index < -0.39 is 4.92 Å². The van der Waals surface area contributed by atoms with E-state index in [1.54, 1.807) is 35.7 Å². The molecule has 10 nitrogen and oxygen atoms in total. The molecule has 0 fully saturated rings. The third kappa shape index (κ3) is 2.67. The Balaban J connectivity index is 1.77. The fourth-order valence-corrected chi connectivity index (χ4v) is 3.00. The van der Waals surface area contributed by atoms with Crippen molar-refractivity contribution >= 4 is 28.7 Å². The first-order chi connectivity index (χ1) is 13.5. The number of aldehydes is 1. The summed E-state index contributed by atoms with van der Waals surface area (Å²) in [5.74, 6) is 0.949. The molecule has 0 bridgehead atoms. The molecule has 0 amide bonds. The van der Waals surface area contributed by atoms with Crippen LogP contribution in [0, 0.1) is 10.1 Å². The summed E-state index contributed by atoms with van der Waals surface area (Å²) < 4.78 is 8.76. The molecular formula is C18H13N5O5. The van der Waals surface area contributed by atoms with Gasteiger partial charge in [-0.3, -0.25) is 28.7 Å².